The first-order valence-electron chi connectivity index (χ1n) is 10.8. The van der Waals surface area contributed by atoms with Crippen molar-refractivity contribution < 1.29 is 19.1 Å². The number of ether oxygens (including phenoxy) is 2. The van der Waals surface area contributed by atoms with Crippen molar-refractivity contribution in [2.24, 2.45) is 0 Å². The van der Waals surface area contributed by atoms with Gasteiger partial charge in [-0.05, 0) is 67.6 Å². The molecule has 0 aliphatic heterocycles. The van der Waals surface area contributed by atoms with Crippen molar-refractivity contribution in [1.29, 1.82) is 0 Å². The zero-order chi connectivity index (χ0) is 24.8. The molecule has 0 aliphatic carbocycles. The van der Waals surface area contributed by atoms with Gasteiger partial charge in [-0.1, -0.05) is 23.9 Å². The molecule has 178 valence electrons. The van der Waals surface area contributed by atoms with Gasteiger partial charge in [0, 0.05) is 11.3 Å². The first-order valence-corrected chi connectivity index (χ1v) is 11.8. The van der Waals surface area contributed by atoms with Crippen molar-refractivity contribution in [3.8, 4) is 28.6 Å². The Bertz CT molecular complexity index is 1330. The van der Waals surface area contributed by atoms with Crippen LogP contribution in [0.2, 0.25) is 0 Å². The summed E-state index contributed by atoms with van der Waals surface area (Å²) in [7, 11) is 3.22. The number of methoxy groups -OCH3 is 2. The van der Waals surface area contributed by atoms with Crippen LogP contribution in [0.5, 0.6) is 11.5 Å². The maximum absolute atomic E-state index is 12.6. The number of benzene rings is 3. The Morgan fingerprint density at radius 1 is 0.914 bits per heavy atom. The molecule has 0 radical (unpaired) electrons. The lowest BCUT2D eigenvalue weighted by Crippen LogP contribution is -2.14. The third-order valence-electron chi connectivity index (χ3n) is 5.22. The fraction of sp³-hybridized carbons (Fsp3) is 0.154. The van der Waals surface area contributed by atoms with E-state index in [2.05, 4.69) is 15.5 Å². The SMILES string of the molecule is COc1ccc(-n2c(SCC(=O)Nc3ccc(C(C)=O)cc3)nnc2-c2ccccc2OC)cc1. The first kappa shape index (κ1) is 24.0. The van der Waals surface area contributed by atoms with E-state index in [1.165, 1.54) is 18.7 Å². The molecule has 0 aliphatic rings. The molecule has 1 N–H and O–H groups in total. The fourth-order valence-corrected chi connectivity index (χ4v) is 4.20. The number of hydrogen-bond acceptors (Lipinski definition) is 7. The van der Waals surface area contributed by atoms with E-state index in [1.807, 2.05) is 53.1 Å². The zero-order valence-electron chi connectivity index (χ0n) is 19.5. The van der Waals surface area contributed by atoms with Crippen molar-refractivity contribution in [2.75, 3.05) is 25.3 Å². The highest BCUT2D eigenvalue weighted by atomic mass is 32.2. The monoisotopic (exact) mass is 488 g/mol. The lowest BCUT2D eigenvalue weighted by atomic mass is 10.1. The van der Waals surface area contributed by atoms with Gasteiger partial charge >= 0.3 is 0 Å². The fourth-order valence-electron chi connectivity index (χ4n) is 3.45. The molecule has 3 aromatic carbocycles. The minimum absolute atomic E-state index is 0.0258. The molecule has 4 aromatic rings. The molecule has 0 fully saturated rings. The van der Waals surface area contributed by atoms with Crippen LogP contribution in [0, 0.1) is 0 Å². The molecule has 1 aromatic heterocycles. The van der Waals surface area contributed by atoms with Gasteiger partial charge in [-0.25, -0.2) is 0 Å². The summed E-state index contributed by atoms with van der Waals surface area (Å²) in [6.07, 6.45) is 0. The molecular formula is C26H24N4O4S. The summed E-state index contributed by atoms with van der Waals surface area (Å²) in [4.78, 5) is 24.1. The van der Waals surface area contributed by atoms with Gasteiger partial charge in [0.15, 0.2) is 16.8 Å². The van der Waals surface area contributed by atoms with E-state index < -0.39 is 0 Å². The molecular weight excluding hydrogens is 464 g/mol. The maximum Gasteiger partial charge on any atom is 0.234 e. The minimum Gasteiger partial charge on any atom is -0.497 e. The molecule has 35 heavy (non-hydrogen) atoms. The Balaban J connectivity index is 1.60. The van der Waals surface area contributed by atoms with Crippen molar-refractivity contribution in [2.45, 2.75) is 12.1 Å². The van der Waals surface area contributed by atoms with E-state index in [0.29, 0.717) is 28.0 Å². The van der Waals surface area contributed by atoms with Crippen LogP contribution in [0.3, 0.4) is 0 Å². The maximum atomic E-state index is 12.6. The van der Waals surface area contributed by atoms with Gasteiger partial charge in [0.1, 0.15) is 11.5 Å². The molecule has 8 nitrogen and oxygen atoms in total. The number of nitrogens with one attached hydrogen (secondary N) is 1. The normalized spacial score (nSPS) is 10.6. The second-order valence-corrected chi connectivity index (χ2v) is 8.45. The highest BCUT2D eigenvalue weighted by Crippen LogP contribution is 2.33. The van der Waals surface area contributed by atoms with E-state index in [-0.39, 0.29) is 17.4 Å². The van der Waals surface area contributed by atoms with Crippen LogP contribution in [-0.4, -0.2) is 46.4 Å². The number of anilines is 1. The average molecular weight is 489 g/mol. The summed E-state index contributed by atoms with van der Waals surface area (Å²) in [5, 5.41) is 12.2. The van der Waals surface area contributed by atoms with Crippen LogP contribution >= 0.6 is 11.8 Å². The molecule has 1 heterocycles. The summed E-state index contributed by atoms with van der Waals surface area (Å²) >= 11 is 1.27. The number of carbonyl (C=O) groups is 2. The van der Waals surface area contributed by atoms with Gasteiger partial charge in [0.05, 0.1) is 31.2 Å². The number of thioether (sulfide) groups is 1. The summed E-state index contributed by atoms with van der Waals surface area (Å²) < 4.78 is 12.7. The summed E-state index contributed by atoms with van der Waals surface area (Å²) in [6, 6.07) is 21.9. The van der Waals surface area contributed by atoms with Crippen molar-refractivity contribution in [1.82, 2.24) is 14.8 Å². The number of hydrogen-bond donors (Lipinski definition) is 1. The van der Waals surface area contributed by atoms with Gasteiger partial charge in [-0.3, -0.25) is 14.2 Å². The first-order chi connectivity index (χ1) is 17.0. The molecule has 0 saturated carbocycles. The molecule has 1 amide bonds. The number of ketones is 1. The largest absolute Gasteiger partial charge is 0.497 e. The number of para-hydroxylation sites is 1. The molecule has 9 heteroatoms. The third kappa shape index (κ3) is 5.52. The number of aromatic nitrogens is 3. The lowest BCUT2D eigenvalue weighted by Gasteiger charge is -2.13. The summed E-state index contributed by atoms with van der Waals surface area (Å²) in [6.45, 7) is 1.50. The van der Waals surface area contributed by atoms with Gasteiger partial charge < -0.3 is 14.8 Å². The molecule has 4 rings (SSSR count). The van der Waals surface area contributed by atoms with Crippen LogP contribution in [0.4, 0.5) is 5.69 Å². The van der Waals surface area contributed by atoms with Crippen LogP contribution in [0.1, 0.15) is 17.3 Å². The van der Waals surface area contributed by atoms with Gasteiger partial charge in [0.25, 0.3) is 0 Å². The Kier molecular flexibility index (Phi) is 7.47. The molecule has 0 spiro atoms. The predicted molar refractivity (Wildman–Crippen MR) is 136 cm³/mol. The molecule has 0 saturated heterocycles. The summed E-state index contributed by atoms with van der Waals surface area (Å²) in [5.41, 5.74) is 2.81. The predicted octanol–water partition coefficient (Wildman–Crippen LogP) is 4.88. The van der Waals surface area contributed by atoms with Gasteiger partial charge in [-0.15, -0.1) is 10.2 Å². The Hall–Kier alpha value is -4.11. The van der Waals surface area contributed by atoms with Crippen molar-refractivity contribution >= 4 is 29.1 Å². The molecule has 0 atom stereocenters. The van der Waals surface area contributed by atoms with E-state index >= 15 is 0 Å². The Labute approximate surface area is 207 Å². The van der Waals surface area contributed by atoms with E-state index in [9.17, 15) is 9.59 Å². The van der Waals surface area contributed by atoms with E-state index in [0.717, 1.165) is 17.0 Å². The molecule has 0 unspecified atom stereocenters. The highest BCUT2D eigenvalue weighted by molar-refractivity contribution is 7.99. The van der Waals surface area contributed by atoms with Crippen LogP contribution in [-0.2, 0) is 4.79 Å². The van der Waals surface area contributed by atoms with Crippen LogP contribution < -0.4 is 14.8 Å². The van der Waals surface area contributed by atoms with Crippen LogP contribution in [0.15, 0.2) is 78.0 Å². The lowest BCUT2D eigenvalue weighted by molar-refractivity contribution is -0.113. The third-order valence-corrected chi connectivity index (χ3v) is 6.15. The van der Waals surface area contributed by atoms with Gasteiger partial charge in [0.2, 0.25) is 5.91 Å². The van der Waals surface area contributed by atoms with E-state index in [4.69, 9.17) is 9.47 Å². The number of Topliss-reactive ketones (excluding diaryl/α,β-unsaturated/α-hetero) is 1. The van der Waals surface area contributed by atoms with Crippen molar-refractivity contribution in [3.05, 3.63) is 78.4 Å². The van der Waals surface area contributed by atoms with Crippen LogP contribution in [0.25, 0.3) is 17.1 Å². The van der Waals surface area contributed by atoms with Crippen molar-refractivity contribution in [3.63, 3.8) is 0 Å². The number of carbonyl (C=O) groups excluding carboxylic acids is 2. The Morgan fingerprint density at radius 2 is 1.63 bits per heavy atom. The summed E-state index contributed by atoms with van der Waals surface area (Å²) in [5.74, 6) is 1.88. The molecule has 0 bridgehead atoms. The van der Waals surface area contributed by atoms with Gasteiger partial charge in [-0.2, -0.15) is 0 Å². The minimum atomic E-state index is -0.200. The average Bonchev–Trinajstić information content (AvgIpc) is 3.31. The highest BCUT2D eigenvalue weighted by Gasteiger charge is 2.20. The Morgan fingerprint density at radius 3 is 2.29 bits per heavy atom. The second-order valence-electron chi connectivity index (χ2n) is 7.51. The number of amides is 1. The topological polar surface area (TPSA) is 95.3 Å². The number of rotatable bonds is 9. The van der Waals surface area contributed by atoms with E-state index in [1.54, 1.807) is 38.5 Å². The zero-order valence-corrected chi connectivity index (χ0v) is 20.3. The second kappa shape index (κ2) is 10.9. The smallest absolute Gasteiger partial charge is 0.234 e. The standard InChI is InChI=1S/C26H24N4O4S/c1-17(31)18-8-10-19(11-9-18)27-24(32)16-35-26-29-28-25(22-6-4-5-7-23(22)34-3)30(26)20-12-14-21(33-2)15-13-20/h4-15H,16H2,1-3H3,(H,27,32). The number of nitrogens with zero attached hydrogens (tertiary/aromatic N) is 3. The quantitative estimate of drug-likeness (QED) is 0.265.